The van der Waals surface area contributed by atoms with Crippen molar-refractivity contribution in [3.05, 3.63) is 89.8 Å². The first-order valence-electron chi connectivity index (χ1n) is 16.5. The predicted octanol–water partition coefficient (Wildman–Crippen LogP) is 5.66. The highest BCUT2D eigenvalue weighted by Crippen LogP contribution is 2.31. The van der Waals surface area contributed by atoms with Crippen molar-refractivity contribution in [2.24, 2.45) is 0 Å². The molecule has 5 aromatic rings. The van der Waals surface area contributed by atoms with Crippen molar-refractivity contribution < 1.29 is 9.90 Å². The van der Waals surface area contributed by atoms with E-state index in [-0.39, 0.29) is 17.8 Å². The third kappa shape index (κ3) is 7.50. The second-order valence-corrected chi connectivity index (χ2v) is 12.9. The van der Waals surface area contributed by atoms with Gasteiger partial charge in [-0.1, -0.05) is 62.4 Å². The number of aromatic nitrogens is 5. The van der Waals surface area contributed by atoms with E-state index in [0.717, 1.165) is 70.3 Å². The van der Waals surface area contributed by atoms with Gasteiger partial charge in [-0.2, -0.15) is 19.6 Å². The quantitative estimate of drug-likeness (QED) is 0.178. The van der Waals surface area contributed by atoms with E-state index in [9.17, 15) is 9.90 Å². The number of rotatable bonds is 11. The summed E-state index contributed by atoms with van der Waals surface area (Å²) in [6.07, 6.45) is 9.75. The standard InChI is InChI=1S/C37H44N8O2/c1-25(2)33-24-40-45-35(33)41-37(44-19-8-10-29(46)16-20-44)42-36(45)39-23-28-9-5-6-12-31(28)34-32-14-13-26(21-27(32)15-17-38-34)22-30(47)11-7-18-43(3)4/h5-7,9,11-15,17,21,24-25,29,46H,8,10,16,18-20,22-23H2,1-4H3,(H,39,41,42)/b11-7+. The molecule has 1 unspecified atom stereocenters. The highest BCUT2D eigenvalue weighted by atomic mass is 16.3. The highest BCUT2D eigenvalue weighted by molar-refractivity contribution is 5.97. The van der Waals surface area contributed by atoms with Crippen molar-refractivity contribution in [1.82, 2.24) is 29.5 Å². The van der Waals surface area contributed by atoms with E-state index in [1.165, 1.54) is 0 Å². The van der Waals surface area contributed by atoms with Gasteiger partial charge in [-0.25, -0.2) is 0 Å². The van der Waals surface area contributed by atoms with Gasteiger partial charge in [0.1, 0.15) is 0 Å². The van der Waals surface area contributed by atoms with E-state index in [4.69, 9.17) is 15.0 Å². The van der Waals surface area contributed by atoms with Gasteiger partial charge in [0, 0.05) is 55.3 Å². The maximum atomic E-state index is 12.6. The molecule has 47 heavy (non-hydrogen) atoms. The van der Waals surface area contributed by atoms with Crippen LogP contribution < -0.4 is 10.2 Å². The minimum absolute atomic E-state index is 0.0880. The maximum absolute atomic E-state index is 12.6. The van der Waals surface area contributed by atoms with Gasteiger partial charge in [0.2, 0.25) is 11.9 Å². The summed E-state index contributed by atoms with van der Waals surface area (Å²) in [6.45, 7) is 7.04. The molecule has 3 aromatic heterocycles. The van der Waals surface area contributed by atoms with Crippen molar-refractivity contribution in [2.75, 3.05) is 43.9 Å². The van der Waals surface area contributed by atoms with Crippen LogP contribution in [0.1, 0.15) is 55.7 Å². The lowest BCUT2D eigenvalue weighted by Crippen LogP contribution is -2.27. The van der Waals surface area contributed by atoms with Gasteiger partial charge >= 0.3 is 0 Å². The van der Waals surface area contributed by atoms with Gasteiger partial charge < -0.3 is 20.2 Å². The molecule has 0 spiro atoms. The number of carbonyl (C=O) groups is 1. The number of hydrogen-bond acceptors (Lipinski definition) is 9. The average molecular weight is 633 g/mol. The van der Waals surface area contributed by atoms with Crippen molar-refractivity contribution in [3.63, 3.8) is 0 Å². The lowest BCUT2D eigenvalue weighted by molar-refractivity contribution is -0.114. The molecule has 0 aliphatic carbocycles. The Morgan fingerprint density at radius 2 is 1.96 bits per heavy atom. The topological polar surface area (TPSA) is 112 Å². The molecule has 244 valence electrons. The first kappa shape index (κ1) is 32.3. The number of benzene rings is 2. The summed E-state index contributed by atoms with van der Waals surface area (Å²) in [5.41, 5.74) is 5.83. The van der Waals surface area contributed by atoms with Gasteiger partial charge in [-0.05, 0) is 67.9 Å². The summed E-state index contributed by atoms with van der Waals surface area (Å²) >= 11 is 0. The SMILES string of the molecule is CC(C)c1cnn2c(NCc3ccccc3-c3nccc4cc(CC(=O)/C=C/CN(C)C)ccc34)nc(N3CCCC(O)CC3)nc12. The Kier molecular flexibility index (Phi) is 9.89. The zero-order valence-electron chi connectivity index (χ0n) is 27.7. The van der Waals surface area contributed by atoms with Gasteiger partial charge in [0.25, 0.3) is 0 Å². The second-order valence-electron chi connectivity index (χ2n) is 12.9. The Morgan fingerprint density at radius 3 is 2.79 bits per heavy atom. The fourth-order valence-corrected chi connectivity index (χ4v) is 6.11. The summed E-state index contributed by atoms with van der Waals surface area (Å²) in [5.74, 6) is 1.62. The molecular weight excluding hydrogens is 588 g/mol. The molecule has 1 atom stereocenters. The zero-order chi connectivity index (χ0) is 32.9. The number of anilines is 2. The van der Waals surface area contributed by atoms with Gasteiger partial charge in [-0.3, -0.25) is 9.78 Å². The van der Waals surface area contributed by atoms with E-state index < -0.39 is 0 Å². The number of carbonyl (C=O) groups excluding carboxylic acids is 1. The van der Waals surface area contributed by atoms with Crippen LogP contribution in [-0.2, 0) is 17.8 Å². The third-order valence-corrected chi connectivity index (χ3v) is 8.68. The Labute approximate surface area is 276 Å². The van der Waals surface area contributed by atoms with Crippen LogP contribution in [0, 0.1) is 0 Å². The van der Waals surface area contributed by atoms with Gasteiger partial charge in [-0.15, -0.1) is 0 Å². The van der Waals surface area contributed by atoms with Crippen molar-refractivity contribution in [2.45, 2.75) is 58.1 Å². The molecule has 10 nitrogen and oxygen atoms in total. The number of allylic oxidation sites excluding steroid dienone is 1. The average Bonchev–Trinajstić information content (AvgIpc) is 3.37. The van der Waals surface area contributed by atoms with E-state index in [0.29, 0.717) is 37.8 Å². The molecule has 0 radical (unpaired) electrons. The summed E-state index contributed by atoms with van der Waals surface area (Å²) in [4.78, 5) is 31.5. The van der Waals surface area contributed by atoms with E-state index in [1.54, 1.807) is 10.6 Å². The predicted molar refractivity (Wildman–Crippen MR) is 188 cm³/mol. The molecule has 1 aliphatic rings. The number of nitrogens with zero attached hydrogens (tertiary/aromatic N) is 7. The number of nitrogens with one attached hydrogen (secondary N) is 1. The molecule has 1 aliphatic heterocycles. The summed E-state index contributed by atoms with van der Waals surface area (Å²) in [7, 11) is 3.96. The largest absolute Gasteiger partial charge is 0.393 e. The fraction of sp³-hybridized carbons (Fsp3) is 0.378. The molecule has 2 aromatic carbocycles. The molecule has 4 heterocycles. The van der Waals surface area contributed by atoms with Crippen molar-refractivity contribution in [1.29, 1.82) is 0 Å². The Bertz CT molecular complexity index is 1900. The monoisotopic (exact) mass is 632 g/mol. The van der Waals surface area contributed by atoms with Crippen LogP contribution in [0.5, 0.6) is 0 Å². The number of aliphatic hydroxyl groups is 1. The maximum Gasteiger partial charge on any atom is 0.230 e. The Morgan fingerprint density at radius 1 is 1.11 bits per heavy atom. The number of fused-ring (bicyclic) bond motifs is 2. The lowest BCUT2D eigenvalue weighted by atomic mass is 9.97. The Hall–Kier alpha value is -4.67. The van der Waals surface area contributed by atoms with Gasteiger partial charge in [0.15, 0.2) is 11.4 Å². The van der Waals surface area contributed by atoms with E-state index in [1.807, 2.05) is 61.7 Å². The first-order valence-corrected chi connectivity index (χ1v) is 16.5. The van der Waals surface area contributed by atoms with Crippen LogP contribution in [0.3, 0.4) is 0 Å². The Balaban J connectivity index is 1.29. The number of hydrogen-bond donors (Lipinski definition) is 2. The van der Waals surface area contributed by atoms with Crippen LogP contribution in [-0.4, -0.2) is 80.2 Å². The van der Waals surface area contributed by atoms with Crippen LogP contribution in [0.15, 0.2) is 73.1 Å². The van der Waals surface area contributed by atoms with E-state index >= 15 is 0 Å². The van der Waals surface area contributed by atoms with Crippen LogP contribution in [0.4, 0.5) is 11.9 Å². The minimum atomic E-state index is -0.286. The van der Waals surface area contributed by atoms with Crippen molar-refractivity contribution >= 4 is 34.1 Å². The number of likely N-dealkylation sites (N-methyl/N-ethyl adjacent to an activating group) is 1. The molecule has 6 rings (SSSR count). The summed E-state index contributed by atoms with van der Waals surface area (Å²) in [6, 6.07) is 16.5. The molecule has 0 bridgehead atoms. The second kappa shape index (κ2) is 14.4. The molecule has 0 amide bonds. The molecule has 1 fully saturated rings. The third-order valence-electron chi connectivity index (χ3n) is 8.68. The van der Waals surface area contributed by atoms with Crippen LogP contribution in [0.25, 0.3) is 27.7 Å². The number of aliphatic hydroxyl groups excluding tert-OH is 1. The number of ketones is 1. The molecule has 2 N–H and O–H groups in total. The minimum Gasteiger partial charge on any atom is -0.393 e. The summed E-state index contributed by atoms with van der Waals surface area (Å²) < 4.78 is 1.79. The molecule has 10 heteroatoms. The zero-order valence-corrected chi connectivity index (χ0v) is 27.7. The molecule has 0 saturated carbocycles. The van der Waals surface area contributed by atoms with Crippen LogP contribution >= 0.6 is 0 Å². The lowest BCUT2D eigenvalue weighted by Gasteiger charge is -2.21. The fourth-order valence-electron chi connectivity index (χ4n) is 6.11. The normalized spacial score (nSPS) is 15.7. The van der Waals surface area contributed by atoms with E-state index in [2.05, 4.69) is 53.4 Å². The first-order chi connectivity index (χ1) is 22.8. The van der Waals surface area contributed by atoms with Gasteiger partial charge in [0.05, 0.1) is 18.0 Å². The van der Waals surface area contributed by atoms with Crippen molar-refractivity contribution in [3.8, 4) is 11.3 Å². The number of pyridine rings is 1. The molecular formula is C37H44N8O2. The highest BCUT2D eigenvalue weighted by Gasteiger charge is 2.22. The molecule has 1 saturated heterocycles. The summed E-state index contributed by atoms with van der Waals surface area (Å²) in [5, 5.41) is 20.6. The van der Waals surface area contributed by atoms with Crippen LogP contribution in [0.2, 0.25) is 0 Å². The smallest absolute Gasteiger partial charge is 0.230 e.